The third kappa shape index (κ3) is 5.47. The highest BCUT2D eigenvalue weighted by Crippen LogP contribution is 2.34. The Morgan fingerprint density at radius 2 is 2.19 bits per heavy atom. The number of benzene rings is 1. The van der Waals surface area contributed by atoms with Crippen LogP contribution in [0.25, 0.3) is 5.70 Å². The Morgan fingerprint density at radius 3 is 2.84 bits per heavy atom. The van der Waals surface area contributed by atoms with Crippen LogP contribution in [-0.4, -0.2) is 64.9 Å². The average molecular weight is 462 g/mol. The molecule has 2 fully saturated rings. The second kappa shape index (κ2) is 9.58. The van der Waals surface area contributed by atoms with Gasteiger partial charge in [0.1, 0.15) is 18.3 Å². The number of nitrogens with one attached hydrogen (secondary N) is 3. The molecule has 1 aliphatic carbocycles. The minimum absolute atomic E-state index is 0.0216. The first-order valence-electron chi connectivity index (χ1n) is 10.8. The van der Waals surface area contributed by atoms with Crippen LogP contribution in [0.5, 0.6) is 0 Å². The number of hydrogen-bond donors (Lipinski definition) is 5. The molecule has 3 aliphatic rings. The Kier molecular flexibility index (Phi) is 6.80. The number of carbonyl (C=O) groups is 2. The highest BCUT2D eigenvalue weighted by atomic mass is 35.5. The predicted octanol–water partition coefficient (Wildman–Crippen LogP) is 1.13. The summed E-state index contributed by atoms with van der Waals surface area (Å²) in [6, 6.07) is 5.16. The van der Waals surface area contributed by atoms with Gasteiger partial charge in [-0.3, -0.25) is 14.9 Å². The normalized spacial score (nSPS) is 24.0. The van der Waals surface area contributed by atoms with Crippen molar-refractivity contribution < 1.29 is 19.8 Å². The first kappa shape index (κ1) is 22.7. The largest absolute Gasteiger partial charge is 0.377 e. The van der Waals surface area contributed by atoms with Gasteiger partial charge in [-0.05, 0) is 50.0 Å². The van der Waals surface area contributed by atoms with Gasteiger partial charge in [-0.1, -0.05) is 11.6 Å². The molecule has 10 heteroatoms. The minimum atomic E-state index is -1.00. The quantitative estimate of drug-likeness (QED) is 0.369. The average Bonchev–Trinajstić information content (AvgIpc) is 3.51. The van der Waals surface area contributed by atoms with E-state index < -0.39 is 12.5 Å². The van der Waals surface area contributed by atoms with Crippen molar-refractivity contribution in [3.8, 4) is 0 Å². The molecule has 1 aromatic carbocycles. The lowest BCUT2D eigenvalue weighted by Gasteiger charge is -2.33. The van der Waals surface area contributed by atoms with E-state index in [-0.39, 0.29) is 30.2 Å². The van der Waals surface area contributed by atoms with Crippen LogP contribution in [0.3, 0.4) is 0 Å². The number of anilines is 1. The first-order chi connectivity index (χ1) is 15.3. The zero-order valence-electron chi connectivity index (χ0n) is 17.8. The monoisotopic (exact) mass is 461 g/mol. The van der Waals surface area contributed by atoms with Crippen molar-refractivity contribution in [1.82, 2.24) is 15.5 Å². The minimum Gasteiger partial charge on any atom is -0.377 e. The number of amidine groups is 1. The molecule has 32 heavy (non-hydrogen) atoms. The highest BCUT2D eigenvalue weighted by molar-refractivity contribution is 6.31. The predicted molar refractivity (Wildman–Crippen MR) is 122 cm³/mol. The number of halogens is 1. The van der Waals surface area contributed by atoms with Crippen molar-refractivity contribution in [2.75, 3.05) is 25.0 Å². The van der Waals surface area contributed by atoms with Crippen LogP contribution in [0.2, 0.25) is 5.02 Å². The zero-order valence-corrected chi connectivity index (χ0v) is 18.6. The van der Waals surface area contributed by atoms with Crippen LogP contribution in [0.4, 0.5) is 5.69 Å². The molecular formula is C22H28ClN5O4. The van der Waals surface area contributed by atoms with Gasteiger partial charge in [-0.15, -0.1) is 0 Å². The number of hydrogen-bond acceptors (Lipinski definition) is 7. The second-order valence-corrected chi connectivity index (χ2v) is 8.97. The fourth-order valence-corrected chi connectivity index (χ4v) is 4.05. The molecule has 1 saturated carbocycles. The van der Waals surface area contributed by atoms with E-state index in [9.17, 15) is 19.8 Å². The smallest absolute Gasteiger partial charge is 0.227 e. The Labute approximate surface area is 191 Å². The summed E-state index contributed by atoms with van der Waals surface area (Å²) < 4.78 is 0. The number of aliphatic hydroxyl groups excluding tert-OH is 2. The summed E-state index contributed by atoms with van der Waals surface area (Å²) in [5, 5.41) is 30.3. The van der Waals surface area contributed by atoms with Crippen molar-refractivity contribution >= 4 is 40.6 Å². The topological polar surface area (TPSA) is 126 Å². The summed E-state index contributed by atoms with van der Waals surface area (Å²) in [7, 11) is 0. The molecule has 4 rings (SSSR count). The Bertz CT molecular complexity index is 962. The highest BCUT2D eigenvalue weighted by Gasteiger charge is 2.31. The number of aliphatic hydroxyl groups is 2. The lowest BCUT2D eigenvalue weighted by Crippen LogP contribution is -2.49. The van der Waals surface area contributed by atoms with Gasteiger partial charge in [0.25, 0.3) is 0 Å². The van der Waals surface area contributed by atoms with E-state index in [1.165, 1.54) is 0 Å². The van der Waals surface area contributed by atoms with Gasteiger partial charge in [0.05, 0.1) is 17.9 Å². The van der Waals surface area contributed by atoms with E-state index in [4.69, 9.17) is 11.6 Å². The van der Waals surface area contributed by atoms with Gasteiger partial charge in [0, 0.05) is 36.0 Å². The molecule has 3 unspecified atom stereocenters. The van der Waals surface area contributed by atoms with Gasteiger partial charge in [-0.25, -0.2) is 4.99 Å². The van der Waals surface area contributed by atoms with Gasteiger partial charge < -0.3 is 25.7 Å². The molecule has 2 aliphatic heterocycles. The first-order valence-corrected chi connectivity index (χ1v) is 11.2. The summed E-state index contributed by atoms with van der Waals surface area (Å²) in [6.45, 7) is 2.97. The Morgan fingerprint density at radius 1 is 1.41 bits per heavy atom. The maximum absolute atomic E-state index is 12.3. The standard InChI is InChI=1S/C22H28ClN5O4/c1-12-26-18(16-5-4-15(23)7-17(16)27-22(32)14-2-3-14)8-21(31)28(12)11-20(30)25-10-13-6-19(29)24-9-13/h4-5,7-8,13-14,20-21,25,30-31H,2-3,6,9-11H2,1H3,(H,24,29)(H,27,32). The molecule has 0 spiro atoms. The van der Waals surface area contributed by atoms with Crippen LogP contribution in [0.1, 0.15) is 31.7 Å². The Hall–Kier alpha value is -2.46. The number of carbonyl (C=O) groups excluding carboxylic acids is 2. The summed E-state index contributed by atoms with van der Waals surface area (Å²) in [4.78, 5) is 29.7. The number of amides is 2. The number of β-amino-alcohol motifs (C(OH)–C–C–N with tert-alkyl or cyclic N) is 1. The SMILES string of the molecule is CC1=NC(c2ccc(Cl)cc2NC(=O)C2CC2)=CC(O)N1CC(O)NCC1CNC(=O)C1. The molecule has 2 heterocycles. The van der Waals surface area contributed by atoms with Crippen LogP contribution in [0, 0.1) is 11.8 Å². The van der Waals surface area contributed by atoms with E-state index in [1.807, 2.05) is 0 Å². The van der Waals surface area contributed by atoms with Crippen molar-refractivity contribution in [3.05, 3.63) is 34.9 Å². The maximum Gasteiger partial charge on any atom is 0.227 e. The van der Waals surface area contributed by atoms with E-state index in [0.29, 0.717) is 47.3 Å². The van der Waals surface area contributed by atoms with E-state index in [0.717, 1.165) is 12.8 Å². The van der Waals surface area contributed by atoms with Crippen LogP contribution in [0.15, 0.2) is 29.3 Å². The van der Waals surface area contributed by atoms with Gasteiger partial charge in [0.15, 0.2) is 0 Å². The molecule has 172 valence electrons. The van der Waals surface area contributed by atoms with Crippen molar-refractivity contribution in [1.29, 1.82) is 0 Å². The summed E-state index contributed by atoms with van der Waals surface area (Å²) in [5.74, 6) is 0.692. The molecule has 3 atom stereocenters. The van der Waals surface area contributed by atoms with Crippen LogP contribution in [-0.2, 0) is 9.59 Å². The molecule has 1 aromatic rings. The molecule has 0 bridgehead atoms. The van der Waals surface area contributed by atoms with Gasteiger partial charge in [-0.2, -0.15) is 0 Å². The van der Waals surface area contributed by atoms with Gasteiger partial charge in [0.2, 0.25) is 11.8 Å². The molecule has 2 amide bonds. The van der Waals surface area contributed by atoms with E-state index in [1.54, 1.807) is 36.1 Å². The van der Waals surface area contributed by atoms with Crippen LogP contribution < -0.4 is 16.0 Å². The molecule has 5 N–H and O–H groups in total. The van der Waals surface area contributed by atoms with Crippen LogP contribution >= 0.6 is 11.6 Å². The molecule has 0 aromatic heterocycles. The number of aliphatic imine (C=N–C) groups is 1. The fraction of sp³-hybridized carbons (Fsp3) is 0.500. The zero-order chi connectivity index (χ0) is 22.8. The molecule has 9 nitrogen and oxygen atoms in total. The number of rotatable bonds is 8. The molecule has 1 saturated heterocycles. The van der Waals surface area contributed by atoms with Crippen molar-refractivity contribution in [2.45, 2.75) is 38.6 Å². The fourth-order valence-electron chi connectivity index (χ4n) is 3.87. The number of nitrogens with zero attached hydrogens (tertiary/aromatic N) is 2. The third-order valence-corrected chi connectivity index (χ3v) is 6.10. The molecular weight excluding hydrogens is 434 g/mol. The van der Waals surface area contributed by atoms with E-state index >= 15 is 0 Å². The van der Waals surface area contributed by atoms with Crippen molar-refractivity contribution in [3.63, 3.8) is 0 Å². The van der Waals surface area contributed by atoms with Gasteiger partial charge >= 0.3 is 0 Å². The third-order valence-electron chi connectivity index (χ3n) is 5.86. The second-order valence-electron chi connectivity index (χ2n) is 8.53. The van der Waals surface area contributed by atoms with Crippen molar-refractivity contribution in [2.24, 2.45) is 16.8 Å². The summed E-state index contributed by atoms with van der Waals surface area (Å²) in [6.07, 6.45) is 1.90. The lowest BCUT2D eigenvalue weighted by molar-refractivity contribution is -0.119. The summed E-state index contributed by atoms with van der Waals surface area (Å²) >= 11 is 6.14. The molecule has 0 radical (unpaired) electrons. The maximum atomic E-state index is 12.3. The Balaban J connectivity index is 1.42. The lowest BCUT2D eigenvalue weighted by atomic mass is 10.1. The van der Waals surface area contributed by atoms with E-state index in [2.05, 4.69) is 20.9 Å². The summed E-state index contributed by atoms with van der Waals surface area (Å²) in [5.41, 5.74) is 1.74.